The van der Waals surface area contributed by atoms with Gasteiger partial charge in [-0.25, -0.2) is 0 Å². The molecule has 2 nitrogen and oxygen atoms in total. The van der Waals surface area contributed by atoms with Crippen LogP contribution in [0.1, 0.15) is 15.2 Å². The molecular formula is C13H10BrClO2S. The summed E-state index contributed by atoms with van der Waals surface area (Å²) < 4.78 is 6.04. The molecule has 0 radical (unpaired) electrons. The molecule has 0 amide bonds. The second-order valence-electron chi connectivity index (χ2n) is 3.65. The van der Waals surface area contributed by atoms with Crippen LogP contribution in [0.4, 0.5) is 0 Å². The fourth-order valence-electron chi connectivity index (χ4n) is 1.56. The third-order valence-corrected chi connectivity index (χ3v) is 4.63. The molecule has 0 aliphatic heterocycles. The number of halogens is 2. The van der Waals surface area contributed by atoms with Gasteiger partial charge in [-0.1, -0.05) is 27.5 Å². The lowest BCUT2D eigenvalue weighted by molar-refractivity contribution is 0.0997. The van der Waals surface area contributed by atoms with E-state index in [1.807, 2.05) is 23.6 Å². The first-order valence-electron chi connectivity index (χ1n) is 5.20. The van der Waals surface area contributed by atoms with Gasteiger partial charge < -0.3 is 4.74 Å². The Bertz CT molecular complexity index is 580. The van der Waals surface area contributed by atoms with Crippen molar-refractivity contribution in [1.29, 1.82) is 0 Å². The van der Waals surface area contributed by atoms with Crippen LogP contribution in [0, 0.1) is 0 Å². The van der Waals surface area contributed by atoms with Crippen LogP contribution in [0.5, 0.6) is 5.75 Å². The summed E-state index contributed by atoms with van der Waals surface area (Å²) in [5.74, 6) is 0.752. The van der Waals surface area contributed by atoms with Crippen molar-refractivity contribution in [1.82, 2.24) is 0 Å². The first kappa shape index (κ1) is 13.6. The summed E-state index contributed by atoms with van der Waals surface area (Å²) in [6, 6.07) is 7.30. The minimum Gasteiger partial charge on any atom is -0.497 e. The van der Waals surface area contributed by atoms with Crippen LogP contribution in [0.15, 0.2) is 34.1 Å². The molecule has 5 heteroatoms. The lowest BCUT2D eigenvalue weighted by Gasteiger charge is -2.06. The molecule has 0 spiro atoms. The Kier molecular flexibility index (Phi) is 4.43. The van der Waals surface area contributed by atoms with Crippen molar-refractivity contribution in [3.05, 3.63) is 49.6 Å². The molecule has 0 saturated carbocycles. The third kappa shape index (κ3) is 2.94. The first-order valence-corrected chi connectivity index (χ1v) is 7.25. The van der Waals surface area contributed by atoms with Crippen molar-refractivity contribution in [2.45, 2.75) is 6.42 Å². The lowest BCUT2D eigenvalue weighted by atomic mass is 10.1. The number of carbonyl (C=O) groups excluding carboxylic acids is 1. The van der Waals surface area contributed by atoms with E-state index in [0.29, 0.717) is 16.3 Å². The third-order valence-electron chi connectivity index (χ3n) is 2.47. The zero-order valence-electron chi connectivity index (χ0n) is 9.57. The number of benzene rings is 1. The Balaban J connectivity index is 2.24. The second-order valence-corrected chi connectivity index (χ2v) is 5.83. The monoisotopic (exact) mass is 344 g/mol. The molecule has 0 bridgehead atoms. The quantitative estimate of drug-likeness (QED) is 0.757. The molecule has 0 aliphatic rings. The largest absolute Gasteiger partial charge is 0.497 e. The average molecular weight is 346 g/mol. The Morgan fingerprint density at radius 2 is 2.22 bits per heavy atom. The number of ketones is 1. The number of ether oxygens (including phenoxy) is 1. The first-order chi connectivity index (χ1) is 8.61. The van der Waals surface area contributed by atoms with Crippen LogP contribution in [-0.4, -0.2) is 12.9 Å². The maximum absolute atomic E-state index is 12.1. The Labute approximate surface area is 123 Å². The Morgan fingerprint density at radius 3 is 2.83 bits per heavy atom. The highest BCUT2D eigenvalue weighted by Gasteiger charge is 2.14. The van der Waals surface area contributed by atoms with Crippen LogP contribution in [0.25, 0.3) is 0 Å². The van der Waals surface area contributed by atoms with Crippen molar-refractivity contribution >= 4 is 44.7 Å². The zero-order valence-corrected chi connectivity index (χ0v) is 12.7. The maximum atomic E-state index is 12.1. The standard InChI is InChI=1S/C13H10BrClO2S/c1-17-9-2-3-10(14)8(6-9)7-12(16)13-11(15)4-5-18-13/h2-6H,7H2,1H3. The van der Waals surface area contributed by atoms with Gasteiger partial charge in [-0.05, 0) is 35.2 Å². The van der Waals surface area contributed by atoms with Crippen molar-refractivity contribution in [3.63, 3.8) is 0 Å². The van der Waals surface area contributed by atoms with Crippen molar-refractivity contribution in [2.75, 3.05) is 7.11 Å². The summed E-state index contributed by atoms with van der Waals surface area (Å²) in [6.07, 6.45) is 0.304. The molecule has 0 atom stereocenters. The topological polar surface area (TPSA) is 26.3 Å². The van der Waals surface area contributed by atoms with E-state index in [-0.39, 0.29) is 5.78 Å². The number of methoxy groups -OCH3 is 1. The van der Waals surface area contributed by atoms with Gasteiger partial charge in [0.1, 0.15) is 5.75 Å². The lowest BCUT2D eigenvalue weighted by Crippen LogP contribution is -2.03. The van der Waals surface area contributed by atoms with Crippen LogP contribution in [0.2, 0.25) is 5.02 Å². The highest BCUT2D eigenvalue weighted by molar-refractivity contribution is 9.10. The number of thiophene rings is 1. The van der Waals surface area contributed by atoms with Crippen molar-refractivity contribution in [3.8, 4) is 5.75 Å². The summed E-state index contributed by atoms with van der Waals surface area (Å²) in [4.78, 5) is 12.7. The molecule has 2 rings (SSSR count). The van der Waals surface area contributed by atoms with E-state index in [0.717, 1.165) is 15.8 Å². The Morgan fingerprint density at radius 1 is 1.44 bits per heavy atom. The van der Waals surface area contributed by atoms with Gasteiger partial charge in [0.25, 0.3) is 0 Å². The van der Waals surface area contributed by atoms with Crippen LogP contribution < -0.4 is 4.74 Å². The molecule has 0 saturated heterocycles. The van der Waals surface area contributed by atoms with Crippen LogP contribution >= 0.6 is 38.9 Å². The van der Waals surface area contributed by atoms with Gasteiger partial charge in [0.2, 0.25) is 0 Å². The minimum absolute atomic E-state index is 0.0175. The summed E-state index contributed by atoms with van der Waals surface area (Å²) >= 11 is 10.7. The molecule has 18 heavy (non-hydrogen) atoms. The van der Waals surface area contributed by atoms with E-state index in [9.17, 15) is 4.79 Å². The molecule has 0 N–H and O–H groups in total. The van der Waals surface area contributed by atoms with E-state index < -0.39 is 0 Å². The molecule has 1 heterocycles. The SMILES string of the molecule is COc1ccc(Br)c(CC(=O)c2sccc2Cl)c1. The van der Waals surface area contributed by atoms with Gasteiger partial charge in [0.15, 0.2) is 5.78 Å². The number of hydrogen-bond donors (Lipinski definition) is 0. The maximum Gasteiger partial charge on any atom is 0.178 e. The van der Waals surface area contributed by atoms with E-state index in [4.69, 9.17) is 16.3 Å². The predicted molar refractivity (Wildman–Crippen MR) is 78.1 cm³/mol. The number of Topliss-reactive ketones (excluding diaryl/α,β-unsaturated/α-hetero) is 1. The molecule has 2 aromatic rings. The van der Waals surface area contributed by atoms with Crippen molar-refractivity contribution < 1.29 is 9.53 Å². The Hall–Kier alpha value is -0.840. The molecular weight excluding hydrogens is 336 g/mol. The summed E-state index contributed by atoms with van der Waals surface area (Å²) in [7, 11) is 1.60. The average Bonchev–Trinajstić information content (AvgIpc) is 2.78. The number of carbonyl (C=O) groups is 1. The van der Waals surface area contributed by atoms with Gasteiger partial charge in [-0.2, -0.15) is 0 Å². The predicted octanol–water partition coefficient (Wildman–Crippen LogP) is 4.60. The molecule has 94 valence electrons. The molecule has 0 fully saturated rings. The van der Waals surface area contributed by atoms with Gasteiger partial charge in [0, 0.05) is 10.9 Å². The van der Waals surface area contributed by atoms with E-state index in [1.165, 1.54) is 11.3 Å². The summed E-state index contributed by atoms with van der Waals surface area (Å²) in [5, 5.41) is 2.33. The van der Waals surface area contributed by atoms with Crippen LogP contribution in [0.3, 0.4) is 0 Å². The molecule has 0 aliphatic carbocycles. The zero-order chi connectivity index (χ0) is 13.1. The normalized spacial score (nSPS) is 10.4. The second kappa shape index (κ2) is 5.87. The number of rotatable bonds is 4. The highest BCUT2D eigenvalue weighted by atomic mass is 79.9. The van der Waals surface area contributed by atoms with Gasteiger partial charge >= 0.3 is 0 Å². The smallest absolute Gasteiger partial charge is 0.178 e. The van der Waals surface area contributed by atoms with Crippen molar-refractivity contribution in [2.24, 2.45) is 0 Å². The highest BCUT2D eigenvalue weighted by Crippen LogP contribution is 2.27. The number of hydrogen-bond acceptors (Lipinski definition) is 3. The molecule has 1 aromatic carbocycles. The van der Waals surface area contributed by atoms with Gasteiger partial charge in [0.05, 0.1) is 17.0 Å². The van der Waals surface area contributed by atoms with E-state index >= 15 is 0 Å². The summed E-state index contributed by atoms with van der Waals surface area (Å²) in [6.45, 7) is 0. The fourth-order valence-corrected chi connectivity index (χ4v) is 3.05. The van der Waals surface area contributed by atoms with Crippen LogP contribution in [-0.2, 0) is 6.42 Å². The summed E-state index contributed by atoms with van der Waals surface area (Å²) in [5.41, 5.74) is 0.892. The van der Waals surface area contributed by atoms with Gasteiger partial charge in [-0.15, -0.1) is 11.3 Å². The van der Waals surface area contributed by atoms with E-state index in [2.05, 4.69) is 15.9 Å². The van der Waals surface area contributed by atoms with E-state index in [1.54, 1.807) is 13.2 Å². The molecule has 0 unspecified atom stereocenters. The molecule has 1 aromatic heterocycles. The van der Waals surface area contributed by atoms with Gasteiger partial charge in [-0.3, -0.25) is 4.79 Å². The fraction of sp³-hybridized carbons (Fsp3) is 0.154. The minimum atomic E-state index is 0.0175.